The molecule has 10 nitrogen and oxygen atoms in total. The second-order valence-corrected chi connectivity index (χ2v) is 15.3. The number of benzene rings is 3. The number of aliphatic hydroxyl groups is 1. The van der Waals surface area contributed by atoms with Crippen molar-refractivity contribution in [2.24, 2.45) is 5.92 Å². The zero-order valence-electron chi connectivity index (χ0n) is 24.4. The Kier molecular flexibility index (Phi) is 8.12. The van der Waals surface area contributed by atoms with Crippen molar-refractivity contribution in [3.8, 4) is 5.75 Å². The number of rotatable bonds is 9. The van der Waals surface area contributed by atoms with E-state index in [1.54, 1.807) is 75.7 Å². The lowest BCUT2D eigenvalue weighted by Crippen LogP contribution is -2.45. The summed E-state index contributed by atoms with van der Waals surface area (Å²) in [5.74, 6) is -0.690. The van der Waals surface area contributed by atoms with E-state index >= 15 is 4.11 Å². The number of anilines is 2. The normalized spacial score (nSPS) is 23.0. The van der Waals surface area contributed by atoms with Gasteiger partial charge in [-0.2, -0.15) is 0 Å². The van der Waals surface area contributed by atoms with Gasteiger partial charge in [0.1, 0.15) is 5.75 Å². The van der Waals surface area contributed by atoms with Crippen molar-refractivity contribution in [2.45, 2.75) is 50.2 Å². The van der Waals surface area contributed by atoms with Crippen molar-refractivity contribution in [2.75, 3.05) is 23.9 Å². The number of nitro benzene ring substituents is 1. The Morgan fingerprint density at radius 3 is 2.42 bits per heavy atom. The van der Waals surface area contributed by atoms with Crippen molar-refractivity contribution in [3.63, 3.8) is 0 Å². The lowest BCUT2D eigenvalue weighted by Gasteiger charge is -2.31. The summed E-state index contributed by atoms with van der Waals surface area (Å²) in [5, 5.41) is 24.3. The molecule has 226 valence electrons. The molecule has 43 heavy (non-hydrogen) atoms. The molecule has 2 heterocycles. The van der Waals surface area contributed by atoms with Gasteiger partial charge in [-0.15, -0.1) is 0 Å². The van der Waals surface area contributed by atoms with Gasteiger partial charge in [-0.25, -0.2) is 0 Å². The van der Waals surface area contributed by atoms with E-state index < -0.39 is 42.4 Å². The van der Waals surface area contributed by atoms with E-state index in [-0.39, 0.29) is 31.2 Å². The molecule has 2 aliphatic rings. The van der Waals surface area contributed by atoms with Crippen LogP contribution in [0.15, 0.2) is 66.7 Å². The van der Waals surface area contributed by atoms with Crippen LogP contribution in [0, 0.1) is 16.0 Å². The number of amides is 2. The largest absolute Gasteiger partial charge is 0.497 e. The van der Waals surface area contributed by atoms with Crippen molar-refractivity contribution in [1.29, 1.82) is 0 Å². The van der Waals surface area contributed by atoms with E-state index in [1.807, 2.05) is 0 Å². The number of nitrogens with one attached hydrogen (secondary N) is 1. The number of halogens is 1. The summed E-state index contributed by atoms with van der Waals surface area (Å²) < 4.78 is 27.2. The van der Waals surface area contributed by atoms with Gasteiger partial charge in [0.2, 0.25) is 8.41 Å². The lowest BCUT2D eigenvalue weighted by atomic mass is 9.82. The summed E-state index contributed by atoms with van der Waals surface area (Å²) in [6, 6.07) is 18.0. The van der Waals surface area contributed by atoms with Gasteiger partial charge < -0.3 is 28.9 Å². The second-order valence-electron chi connectivity index (χ2n) is 11.5. The number of carbonyl (C=O) groups is 2. The standard InChI is InChI=1S/C31H34FN3O7Si/c1-19-28(43(3,4)32)27(15-16-36)42-31(19)25-17-23(35(39)40)11-14-26(25)34(30(31)38)18-20-5-9-22(10-6-20)33-29(37)21-7-12-24(41-2)13-8-21/h5-14,17,19,27-28,36H,15-16,18H2,1-4H3,(H,33,37)/t19-,27+,28-,31+/m1/s1. The summed E-state index contributed by atoms with van der Waals surface area (Å²) in [7, 11) is -1.85. The highest BCUT2D eigenvalue weighted by Crippen LogP contribution is 2.60. The molecule has 1 fully saturated rings. The molecule has 12 heteroatoms. The first-order valence-corrected chi connectivity index (χ1v) is 17.0. The quantitative estimate of drug-likeness (QED) is 0.141. The molecule has 0 radical (unpaired) electrons. The Labute approximate surface area is 249 Å². The van der Waals surface area contributed by atoms with Gasteiger partial charge in [0.15, 0.2) is 5.60 Å². The summed E-state index contributed by atoms with van der Waals surface area (Å²) in [6.07, 6.45) is -0.561. The van der Waals surface area contributed by atoms with E-state index in [0.29, 0.717) is 28.3 Å². The number of non-ortho nitro benzene ring substituents is 1. The van der Waals surface area contributed by atoms with Gasteiger partial charge in [-0.1, -0.05) is 19.1 Å². The molecule has 0 unspecified atom stereocenters. The van der Waals surface area contributed by atoms with Crippen molar-refractivity contribution < 1.29 is 33.2 Å². The summed E-state index contributed by atoms with van der Waals surface area (Å²) in [5.41, 5.74) is 0.144. The molecular formula is C31H34FN3O7Si. The van der Waals surface area contributed by atoms with Crippen molar-refractivity contribution in [1.82, 2.24) is 0 Å². The average molecular weight is 608 g/mol. The first kappa shape index (κ1) is 30.3. The van der Waals surface area contributed by atoms with E-state index in [9.17, 15) is 24.8 Å². The number of ether oxygens (including phenoxy) is 2. The molecule has 5 rings (SSSR count). The number of methoxy groups -OCH3 is 1. The predicted molar refractivity (Wildman–Crippen MR) is 161 cm³/mol. The monoisotopic (exact) mass is 607 g/mol. The van der Waals surface area contributed by atoms with Crippen molar-refractivity contribution in [3.05, 3.63) is 93.5 Å². The Hall–Kier alpha value is -4.13. The molecule has 1 saturated heterocycles. The fraction of sp³-hybridized carbons (Fsp3) is 0.355. The molecular weight excluding hydrogens is 573 g/mol. The number of fused-ring (bicyclic) bond motifs is 2. The molecule has 0 aromatic heterocycles. The molecule has 2 amide bonds. The van der Waals surface area contributed by atoms with E-state index in [0.717, 1.165) is 5.56 Å². The van der Waals surface area contributed by atoms with Crippen LogP contribution in [-0.2, 0) is 21.7 Å². The molecule has 0 saturated carbocycles. The van der Waals surface area contributed by atoms with Crippen LogP contribution >= 0.6 is 0 Å². The van der Waals surface area contributed by atoms with Gasteiger partial charge in [-0.3, -0.25) is 19.7 Å². The fourth-order valence-corrected chi connectivity index (χ4v) is 9.07. The van der Waals surface area contributed by atoms with Gasteiger partial charge >= 0.3 is 0 Å². The molecule has 3 aromatic rings. The van der Waals surface area contributed by atoms with Crippen molar-refractivity contribution >= 4 is 37.3 Å². The SMILES string of the molecule is COc1ccc(C(=O)Nc2ccc(CN3C(=O)[C@@]4(O[C@@H](CCO)[C@H]([Si](C)(C)F)[C@H]4C)c4cc([N+](=O)[O-])ccc43)cc2)cc1. The van der Waals surface area contributed by atoms with Crippen LogP contribution in [-0.4, -0.2) is 50.1 Å². The predicted octanol–water partition coefficient (Wildman–Crippen LogP) is 5.56. The van der Waals surface area contributed by atoms with Crippen LogP contribution in [0.2, 0.25) is 18.6 Å². The van der Waals surface area contributed by atoms with E-state index in [4.69, 9.17) is 9.47 Å². The maximum absolute atomic E-state index is 15.7. The third kappa shape index (κ3) is 5.41. The summed E-state index contributed by atoms with van der Waals surface area (Å²) in [6.45, 7) is 4.76. The minimum absolute atomic E-state index is 0.125. The zero-order chi connectivity index (χ0) is 31.1. The number of carbonyl (C=O) groups excluding carboxylic acids is 2. The van der Waals surface area contributed by atoms with Gasteiger partial charge in [0, 0.05) is 47.0 Å². The first-order valence-electron chi connectivity index (χ1n) is 14.0. The zero-order valence-corrected chi connectivity index (χ0v) is 25.4. The van der Waals surface area contributed by atoms with Crippen LogP contribution in [0.1, 0.15) is 34.8 Å². The number of hydrogen-bond acceptors (Lipinski definition) is 7. The number of aliphatic hydroxyl groups excluding tert-OH is 1. The van der Waals surface area contributed by atoms with Crippen LogP contribution in [0.3, 0.4) is 0 Å². The maximum atomic E-state index is 15.7. The van der Waals surface area contributed by atoms with Crippen LogP contribution < -0.4 is 15.0 Å². The Balaban J connectivity index is 1.44. The van der Waals surface area contributed by atoms with E-state index in [1.165, 1.54) is 23.1 Å². The Bertz CT molecular complexity index is 1540. The second kappa shape index (κ2) is 11.5. The molecule has 2 N–H and O–H groups in total. The molecule has 1 spiro atoms. The molecule has 0 aliphatic carbocycles. The minimum atomic E-state index is -3.39. The smallest absolute Gasteiger partial charge is 0.269 e. The lowest BCUT2D eigenvalue weighted by molar-refractivity contribution is -0.385. The summed E-state index contributed by atoms with van der Waals surface area (Å²) >= 11 is 0. The highest BCUT2D eigenvalue weighted by molar-refractivity contribution is 6.72. The van der Waals surface area contributed by atoms with Crippen LogP contribution in [0.4, 0.5) is 21.2 Å². The van der Waals surface area contributed by atoms with E-state index in [2.05, 4.69) is 5.32 Å². The van der Waals surface area contributed by atoms with Gasteiger partial charge in [0.05, 0.1) is 30.4 Å². The molecule has 0 bridgehead atoms. The minimum Gasteiger partial charge on any atom is -0.497 e. The molecule has 3 aromatic carbocycles. The highest BCUT2D eigenvalue weighted by atomic mass is 28.4. The molecule has 2 aliphatic heterocycles. The van der Waals surface area contributed by atoms with Gasteiger partial charge in [-0.05, 0) is 67.5 Å². The summed E-state index contributed by atoms with van der Waals surface area (Å²) in [4.78, 5) is 39.7. The first-order chi connectivity index (χ1) is 20.4. The Morgan fingerprint density at radius 1 is 1.16 bits per heavy atom. The fourth-order valence-electron chi connectivity index (χ4n) is 6.52. The molecule has 4 atom stereocenters. The number of nitrogens with zero attached hydrogens (tertiary/aromatic N) is 2. The average Bonchev–Trinajstić information content (AvgIpc) is 3.40. The maximum Gasteiger partial charge on any atom is 0.269 e. The number of nitro groups is 1. The van der Waals surface area contributed by atoms with Crippen LogP contribution in [0.5, 0.6) is 5.75 Å². The highest BCUT2D eigenvalue weighted by Gasteiger charge is 2.66. The van der Waals surface area contributed by atoms with Gasteiger partial charge in [0.25, 0.3) is 17.5 Å². The third-order valence-corrected chi connectivity index (χ3v) is 10.9. The van der Waals surface area contributed by atoms with Crippen LogP contribution in [0.25, 0.3) is 0 Å². The third-order valence-electron chi connectivity index (χ3n) is 8.47. The topological polar surface area (TPSA) is 131 Å². The number of hydrogen-bond donors (Lipinski definition) is 2. The Morgan fingerprint density at radius 2 is 1.84 bits per heavy atom.